The van der Waals surface area contributed by atoms with Crippen molar-refractivity contribution in [1.82, 2.24) is 9.97 Å². The van der Waals surface area contributed by atoms with Gasteiger partial charge in [-0.15, -0.1) is 0 Å². The van der Waals surface area contributed by atoms with Gasteiger partial charge in [0.2, 0.25) is 0 Å². The lowest BCUT2D eigenvalue weighted by Crippen LogP contribution is -1.96. The number of hydrogen-bond acceptors (Lipinski definition) is 3. The zero-order chi connectivity index (χ0) is 26.9. The predicted molar refractivity (Wildman–Crippen MR) is 168 cm³/mol. The van der Waals surface area contributed by atoms with Gasteiger partial charge in [-0.3, -0.25) is 0 Å². The maximum absolute atomic E-state index is 6.39. The molecule has 2 aromatic heterocycles. The number of rotatable bonds is 3. The highest BCUT2D eigenvalue weighted by Crippen LogP contribution is 2.51. The second-order valence-electron chi connectivity index (χ2n) is 10.6. The van der Waals surface area contributed by atoms with Crippen LogP contribution in [-0.4, -0.2) is 9.97 Å². The molecule has 0 saturated heterocycles. The Kier molecular flexibility index (Phi) is 4.61. The molecule has 0 aliphatic heterocycles. The van der Waals surface area contributed by atoms with E-state index in [2.05, 4.69) is 84.9 Å². The molecule has 0 bridgehead atoms. The van der Waals surface area contributed by atoms with E-state index in [1.54, 1.807) is 0 Å². The molecule has 3 nitrogen and oxygen atoms in total. The van der Waals surface area contributed by atoms with E-state index in [0.29, 0.717) is 0 Å². The number of nitrogens with zero attached hydrogens (tertiary/aromatic N) is 2. The third-order valence-electron chi connectivity index (χ3n) is 8.22. The van der Waals surface area contributed by atoms with E-state index in [0.717, 1.165) is 61.2 Å². The third-order valence-corrected chi connectivity index (χ3v) is 8.22. The number of hydrogen-bond donors (Lipinski definition) is 0. The minimum Gasteiger partial charge on any atom is -0.455 e. The van der Waals surface area contributed by atoms with Crippen LogP contribution in [0.25, 0.3) is 88.9 Å². The van der Waals surface area contributed by atoms with Crippen molar-refractivity contribution >= 4 is 32.7 Å². The highest BCUT2D eigenvalue weighted by Gasteiger charge is 2.25. The predicted octanol–water partition coefficient (Wildman–Crippen LogP) is 10.2. The molecule has 0 radical (unpaired) electrons. The van der Waals surface area contributed by atoms with Crippen LogP contribution < -0.4 is 0 Å². The molecule has 0 saturated carbocycles. The molecule has 0 spiro atoms. The van der Waals surface area contributed by atoms with Gasteiger partial charge in [-0.05, 0) is 46.5 Å². The topological polar surface area (TPSA) is 38.9 Å². The van der Waals surface area contributed by atoms with Gasteiger partial charge in [-0.25, -0.2) is 9.97 Å². The molecule has 41 heavy (non-hydrogen) atoms. The SMILES string of the molecule is c1ccc(-c2cc(-c3ccc4c(c3)-c3cc5c6ccccc6oc5c5cccc-4c35)nc(-c3ccccc3)n2)cc1. The van der Waals surface area contributed by atoms with Gasteiger partial charge in [0.25, 0.3) is 0 Å². The van der Waals surface area contributed by atoms with Gasteiger partial charge in [0.1, 0.15) is 11.2 Å². The van der Waals surface area contributed by atoms with Crippen LogP contribution in [0.4, 0.5) is 0 Å². The van der Waals surface area contributed by atoms with Crippen LogP contribution in [-0.2, 0) is 0 Å². The number of furan rings is 1. The number of para-hydroxylation sites is 1. The molecule has 0 fully saturated rings. The van der Waals surface area contributed by atoms with Crippen LogP contribution in [0.15, 0.2) is 138 Å². The second kappa shape index (κ2) is 8.48. The molecule has 3 heteroatoms. The van der Waals surface area contributed by atoms with Gasteiger partial charge in [-0.2, -0.15) is 0 Å². The monoisotopic (exact) mass is 522 g/mol. The first-order valence-corrected chi connectivity index (χ1v) is 13.8. The first-order valence-electron chi connectivity index (χ1n) is 13.8. The molecule has 8 aromatic rings. The van der Waals surface area contributed by atoms with Crippen LogP contribution in [0.5, 0.6) is 0 Å². The smallest absolute Gasteiger partial charge is 0.160 e. The quantitative estimate of drug-likeness (QED) is 0.232. The highest BCUT2D eigenvalue weighted by molar-refractivity contribution is 6.26. The van der Waals surface area contributed by atoms with E-state index in [1.807, 2.05) is 48.5 Å². The van der Waals surface area contributed by atoms with E-state index in [4.69, 9.17) is 14.4 Å². The van der Waals surface area contributed by atoms with Crippen molar-refractivity contribution in [1.29, 1.82) is 0 Å². The average molecular weight is 523 g/mol. The summed E-state index contributed by atoms with van der Waals surface area (Å²) in [4.78, 5) is 10.1. The van der Waals surface area contributed by atoms with Crippen molar-refractivity contribution in [3.05, 3.63) is 133 Å². The van der Waals surface area contributed by atoms with E-state index in [9.17, 15) is 0 Å². The van der Waals surface area contributed by atoms with Crippen molar-refractivity contribution in [2.24, 2.45) is 0 Å². The molecular weight excluding hydrogens is 500 g/mol. The fourth-order valence-corrected chi connectivity index (χ4v) is 6.32. The Morgan fingerprint density at radius 2 is 1.12 bits per heavy atom. The maximum atomic E-state index is 6.39. The molecule has 0 unspecified atom stereocenters. The van der Waals surface area contributed by atoms with Crippen LogP contribution in [0.2, 0.25) is 0 Å². The number of fused-ring (bicyclic) bond motifs is 7. The summed E-state index contributed by atoms with van der Waals surface area (Å²) in [5, 5.41) is 4.71. The summed E-state index contributed by atoms with van der Waals surface area (Å²) >= 11 is 0. The second-order valence-corrected chi connectivity index (χ2v) is 10.6. The Morgan fingerprint density at radius 1 is 0.415 bits per heavy atom. The lowest BCUT2D eigenvalue weighted by Gasteiger charge is -2.11. The summed E-state index contributed by atoms with van der Waals surface area (Å²) in [6.45, 7) is 0. The molecule has 0 amide bonds. The Balaban J connectivity index is 1.28. The van der Waals surface area contributed by atoms with Gasteiger partial charge in [0.15, 0.2) is 5.82 Å². The average Bonchev–Trinajstić information content (AvgIpc) is 3.58. The Morgan fingerprint density at radius 3 is 1.95 bits per heavy atom. The Labute approximate surface area is 236 Å². The summed E-state index contributed by atoms with van der Waals surface area (Å²) in [5.74, 6) is 0.722. The molecule has 9 rings (SSSR count). The molecule has 2 heterocycles. The first kappa shape index (κ1) is 22.3. The molecule has 0 atom stereocenters. The van der Waals surface area contributed by atoms with Crippen molar-refractivity contribution in [3.63, 3.8) is 0 Å². The summed E-state index contributed by atoms with van der Waals surface area (Å²) < 4.78 is 6.39. The van der Waals surface area contributed by atoms with Gasteiger partial charge >= 0.3 is 0 Å². The largest absolute Gasteiger partial charge is 0.455 e. The van der Waals surface area contributed by atoms with Gasteiger partial charge in [-0.1, -0.05) is 109 Å². The Bertz CT molecular complexity index is 2240. The van der Waals surface area contributed by atoms with Crippen LogP contribution in [0.1, 0.15) is 0 Å². The van der Waals surface area contributed by atoms with Crippen molar-refractivity contribution in [2.75, 3.05) is 0 Å². The van der Waals surface area contributed by atoms with Gasteiger partial charge < -0.3 is 4.42 Å². The fraction of sp³-hybridized carbons (Fsp3) is 0. The molecule has 1 aliphatic carbocycles. The number of benzene rings is 6. The van der Waals surface area contributed by atoms with E-state index < -0.39 is 0 Å². The van der Waals surface area contributed by atoms with Crippen molar-refractivity contribution in [3.8, 4) is 56.2 Å². The molecule has 0 N–H and O–H groups in total. The molecule has 190 valence electrons. The summed E-state index contributed by atoms with van der Waals surface area (Å²) in [6, 6.07) is 46.5. The fourth-order valence-electron chi connectivity index (χ4n) is 6.32. The third kappa shape index (κ3) is 3.33. The Hall–Kier alpha value is -5.54. The lowest BCUT2D eigenvalue weighted by molar-refractivity contribution is 0.672. The van der Waals surface area contributed by atoms with Crippen molar-refractivity contribution in [2.45, 2.75) is 0 Å². The van der Waals surface area contributed by atoms with Crippen LogP contribution in [0, 0.1) is 0 Å². The van der Waals surface area contributed by atoms with Crippen molar-refractivity contribution < 1.29 is 4.42 Å². The lowest BCUT2D eigenvalue weighted by atomic mass is 9.98. The zero-order valence-electron chi connectivity index (χ0n) is 22.0. The normalized spacial score (nSPS) is 11.9. The standard InChI is InChI=1S/C38H22N2O/c1-3-10-23(11-4-1)33-22-34(40-38(39-33)24-12-5-2-6-13-24)25-18-19-26-28-15-9-16-29-36(28)31(30(26)20-25)21-32-27-14-7-8-17-35(27)41-37(29)32/h1-22H. The molecule has 6 aromatic carbocycles. The molecule has 1 aliphatic rings. The summed E-state index contributed by atoms with van der Waals surface area (Å²) in [5.41, 5.74) is 11.8. The van der Waals surface area contributed by atoms with E-state index in [-0.39, 0.29) is 0 Å². The minimum absolute atomic E-state index is 0.722. The zero-order valence-corrected chi connectivity index (χ0v) is 22.0. The van der Waals surface area contributed by atoms with E-state index >= 15 is 0 Å². The highest BCUT2D eigenvalue weighted by atomic mass is 16.3. The van der Waals surface area contributed by atoms with E-state index in [1.165, 1.54) is 27.6 Å². The minimum atomic E-state index is 0.722. The van der Waals surface area contributed by atoms with Gasteiger partial charge in [0, 0.05) is 38.2 Å². The number of aromatic nitrogens is 2. The van der Waals surface area contributed by atoms with Crippen LogP contribution >= 0.6 is 0 Å². The van der Waals surface area contributed by atoms with Gasteiger partial charge in [0.05, 0.1) is 11.4 Å². The maximum Gasteiger partial charge on any atom is 0.160 e. The first-order chi connectivity index (χ1) is 20.3. The summed E-state index contributed by atoms with van der Waals surface area (Å²) in [7, 11) is 0. The summed E-state index contributed by atoms with van der Waals surface area (Å²) in [6.07, 6.45) is 0. The van der Waals surface area contributed by atoms with Crippen LogP contribution in [0.3, 0.4) is 0 Å². The molecular formula is C38H22N2O.